The molecule has 0 atom stereocenters. The van der Waals surface area contributed by atoms with E-state index in [4.69, 9.17) is 20.8 Å². The molecule has 1 heterocycles. The average Bonchev–Trinajstić information content (AvgIpc) is 3.39. The number of aryl methyl sites for hydroxylation is 1. The number of ketones is 1. The number of carbonyl (C=O) groups excluding carboxylic acids is 2. The molecule has 39 heavy (non-hydrogen) atoms. The second kappa shape index (κ2) is 12.0. The summed E-state index contributed by atoms with van der Waals surface area (Å²) in [6, 6.07) is 10.1. The molecule has 2 aromatic carbocycles. The Morgan fingerprint density at radius 3 is 2.44 bits per heavy atom. The van der Waals surface area contributed by atoms with Crippen LogP contribution in [-0.4, -0.2) is 26.8 Å². The minimum atomic E-state index is -4.17. The molecule has 0 saturated heterocycles. The molecule has 1 aromatic heterocycles. The van der Waals surface area contributed by atoms with Crippen molar-refractivity contribution in [3.8, 4) is 0 Å². The van der Waals surface area contributed by atoms with E-state index < -0.39 is 26.2 Å². The standard InChI is InChI=1S/C29H29ClF2O6S/c1-2-37-27(34)10-3-20-13-16-38-28(20)26(33)17-19-11-14-29(15-12-19,24-18-22(31)6-9-25(24)32)39(35,36)23-7-4-21(30)5-8-23/h4-9,13,16,18-19H,2-3,10-12,14-15,17H2,1H3. The highest BCUT2D eigenvalue weighted by Gasteiger charge is 2.50. The van der Waals surface area contributed by atoms with Crippen LogP contribution in [-0.2, 0) is 30.5 Å². The highest BCUT2D eigenvalue weighted by molar-refractivity contribution is 7.92. The summed E-state index contributed by atoms with van der Waals surface area (Å²) in [5, 5.41) is 0.349. The zero-order valence-corrected chi connectivity index (χ0v) is 23.0. The van der Waals surface area contributed by atoms with Crippen molar-refractivity contribution < 1.29 is 35.9 Å². The molecule has 1 aliphatic rings. The zero-order valence-electron chi connectivity index (χ0n) is 21.4. The van der Waals surface area contributed by atoms with Gasteiger partial charge < -0.3 is 9.15 Å². The topological polar surface area (TPSA) is 90.7 Å². The van der Waals surface area contributed by atoms with E-state index in [2.05, 4.69) is 0 Å². The van der Waals surface area contributed by atoms with Gasteiger partial charge in [0.1, 0.15) is 16.4 Å². The van der Waals surface area contributed by atoms with Gasteiger partial charge in [-0.3, -0.25) is 9.59 Å². The predicted octanol–water partition coefficient (Wildman–Crippen LogP) is 6.84. The van der Waals surface area contributed by atoms with Crippen molar-refractivity contribution in [1.82, 2.24) is 0 Å². The molecule has 0 unspecified atom stereocenters. The fraction of sp³-hybridized carbons (Fsp3) is 0.379. The third kappa shape index (κ3) is 6.09. The highest BCUT2D eigenvalue weighted by atomic mass is 35.5. The van der Waals surface area contributed by atoms with E-state index in [1.165, 1.54) is 30.5 Å². The molecule has 10 heteroatoms. The Hall–Kier alpha value is -3.04. The van der Waals surface area contributed by atoms with Crippen LogP contribution in [0.3, 0.4) is 0 Å². The van der Waals surface area contributed by atoms with Gasteiger partial charge >= 0.3 is 5.97 Å². The maximum Gasteiger partial charge on any atom is 0.306 e. The second-order valence-electron chi connectivity index (χ2n) is 9.73. The van der Waals surface area contributed by atoms with E-state index in [0.717, 1.165) is 18.2 Å². The highest BCUT2D eigenvalue weighted by Crippen LogP contribution is 2.50. The fourth-order valence-corrected chi connectivity index (χ4v) is 7.61. The number of ether oxygens (including phenoxy) is 1. The van der Waals surface area contributed by atoms with Crippen LogP contribution in [0.25, 0.3) is 0 Å². The molecule has 0 spiro atoms. The van der Waals surface area contributed by atoms with Crippen LogP contribution in [0.1, 0.15) is 67.1 Å². The smallest absolute Gasteiger partial charge is 0.306 e. The number of sulfone groups is 1. The van der Waals surface area contributed by atoms with Gasteiger partial charge in [0.2, 0.25) is 0 Å². The first kappa shape index (κ1) is 29.0. The summed E-state index contributed by atoms with van der Waals surface area (Å²) in [5.41, 5.74) is 0.389. The fourth-order valence-electron chi connectivity index (χ4n) is 5.32. The van der Waals surface area contributed by atoms with E-state index in [0.29, 0.717) is 29.8 Å². The maximum absolute atomic E-state index is 15.1. The zero-order chi connectivity index (χ0) is 28.2. The van der Waals surface area contributed by atoms with Crippen LogP contribution in [0.15, 0.2) is 64.1 Å². The first-order valence-corrected chi connectivity index (χ1v) is 14.6. The van der Waals surface area contributed by atoms with Gasteiger partial charge in [-0.2, -0.15) is 0 Å². The average molecular weight is 579 g/mol. The molecule has 0 bridgehead atoms. The first-order valence-electron chi connectivity index (χ1n) is 12.8. The lowest BCUT2D eigenvalue weighted by Gasteiger charge is -2.40. The van der Waals surface area contributed by atoms with Crippen LogP contribution in [0.2, 0.25) is 5.02 Å². The van der Waals surface area contributed by atoms with E-state index in [9.17, 15) is 22.4 Å². The predicted molar refractivity (Wildman–Crippen MR) is 141 cm³/mol. The van der Waals surface area contributed by atoms with Crippen molar-refractivity contribution in [3.63, 3.8) is 0 Å². The third-order valence-corrected chi connectivity index (χ3v) is 10.2. The molecule has 0 aliphatic heterocycles. The molecule has 4 rings (SSSR count). The lowest BCUT2D eigenvalue weighted by atomic mass is 9.76. The third-order valence-electron chi connectivity index (χ3n) is 7.35. The second-order valence-corrected chi connectivity index (χ2v) is 12.4. The summed E-state index contributed by atoms with van der Waals surface area (Å²) < 4.78 is 65.9. The van der Waals surface area contributed by atoms with Gasteiger partial charge in [0.15, 0.2) is 21.4 Å². The monoisotopic (exact) mass is 578 g/mol. The van der Waals surface area contributed by atoms with E-state index in [1.807, 2.05) is 0 Å². The molecule has 0 amide bonds. The van der Waals surface area contributed by atoms with Gasteiger partial charge in [0.25, 0.3) is 0 Å². The van der Waals surface area contributed by atoms with Gasteiger partial charge in [0, 0.05) is 29.0 Å². The van der Waals surface area contributed by atoms with Crippen LogP contribution >= 0.6 is 11.6 Å². The van der Waals surface area contributed by atoms with Gasteiger partial charge in [-0.25, -0.2) is 17.2 Å². The Morgan fingerprint density at radius 2 is 1.77 bits per heavy atom. The van der Waals surface area contributed by atoms with Crippen LogP contribution in [0, 0.1) is 17.6 Å². The van der Waals surface area contributed by atoms with Crippen LogP contribution in [0.5, 0.6) is 0 Å². The summed E-state index contributed by atoms with van der Waals surface area (Å²) in [7, 11) is -4.17. The normalized spacial score (nSPS) is 19.5. The van der Waals surface area contributed by atoms with Crippen molar-refractivity contribution in [2.24, 2.45) is 5.92 Å². The molecule has 6 nitrogen and oxygen atoms in total. The van der Waals surface area contributed by atoms with Crippen LogP contribution in [0.4, 0.5) is 8.78 Å². The van der Waals surface area contributed by atoms with Gasteiger partial charge in [-0.1, -0.05) is 11.6 Å². The lowest BCUT2D eigenvalue weighted by Crippen LogP contribution is -2.41. The number of hydrogen-bond acceptors (Lipinski definition) is 6. The van der Waals surface area contributed by atoms with Crippen LogP contribution < -0.4 is 0 Å². The molecule has 3 aromatic rings. The van der Waals surface area contributed by atoms with Crippen molar-refractivity contribution in [3.05, 3.63) is 88.3 Å². The molecular formula is C29H29ClF2O6S. The molecule has 208 valence electrons. The molecule has 0 radical (unpaired) electrons. The van der Waals surface area contributed by atoms with Gasteiger partial charge in [0.05, 0.1) is 17.8 Å². The summed E-state index contributed by atoms with van der Waals surface area (Å²) >= 11 is 5.95. The summed E-state index contributed by atoms with van der Waals surface area (Å²) in [6.07, 6.45) is 2.51. The maximum atomic E-state index is 15.1. The Kier molecular flexibility index (Phi) is 8.91. The number of hydrogen-bond donors (Lipinski definition) is 0. The van der Waals surface area contributed by atoms with E-state index >= 15 is 4.39 Å². The Bertz CT molecular complexity index is 1440. The lowest BCUT2D eigenvalue weighted by molar-refractivity contribution is -0.143. The number of carbonyl (C=O) groups is 2. The molecule has 1 saturated carbocycles. The quantitative estimate of drug-likeness (QED) is 0.193. The van der Waals surface area contributed by atoms with Crippen molar-refractivity contribution in [1.29, 1.82) is 0 Å². The number of benzene rings is 2. The minimum Gasteiger partial charge on any atom is -0.466 e. The number of halogens is 3. The van der Waals surface area contributed by atoms with E-state index in [1.54, 1.807) is 13.0 Å². The molecule has 1 aliphatic carbocycles. The van der Waals surface area contributed by atoms with Crippen molar-refractivity contribution in [2.75, 3.05) is 6.61 Å². The summed E-state index contributed by atoms with van der Waals surface area (Å²) in [5.74, 6) is -2.18. The van der Waals surface area contributed by atoms with Gasteiger partial charge in [-0.05, 0) is 93.5 Å². The number of furan rings is 1. The molecule has 1 fully saturated rings. The largest absolute Gasteiger partial charge is 0.466 e. The Balaban J connectivity index is 1.55. The van der Waals surface area contributed by atoms with Crippen molar-refractivity contribution >= 4 is 33.2 Å². The number of rotatable bonds is 10. The summed E-state index contributed by atoms with van der Waals surface area (Å²) in [6.45, 7) is 1.99. The Labute approximate surface area is 231 Å². The molecular weight excluding hydrogens is 550 g/mol. The van der Waals surface area contributed by atoms with E-state index in [-0.39, 0.29) is 66.2 Å². The van der Waals surface area contributed by atoms with Crippen molar-refractivity contribution in [2.45, 2.75) is 61.5 Å². The first-order chi connectivity index (χ1) is 18.6. The molecule has 0 N–H and O–H groups in total. The Morgan fingerprint density at radius 1 is 1.08 bits per heavy atom. The number of Topliss-reactive ketones (excluding diaryl/α,β-unsaturated/α-hetero) is 1. The summed E-state index contributed by atoms with van der Waals surface area (Å²) in [4.78, 5) is 24.8. The van der Waals surface area contributed by atoms with Gasteiger partial charge in [-0.15, -0.1) is 0 Å². The SMILES string of the molecule is CCOC(=O)CCc1ccoc1C(=O)CC1CCC(c2cc(F)ccc2F)(S(=O)(=O)c2ccc(Cl)cc2)CC1. The number of esters is 1. The minimum absolute atomic E-state index is 0.00412.